The van der Waals surface area contributed by atoms with E-state index < -0.39 is 0 Å². The Bertz CT molecular complexity index is 697. The van der Waals surface area contributed by atoms with Crippen molar-refractivity contribution in [2.45, 2.75) is 25.7 Å². The molecule has 2 aromatic rings. The lowest BCUT2D eigenvalue weighted by atomic mass is 9.99. The molecule has 0 bridgehead atoms. The van der Waals surface area contributed by atoms with Crippen molar-refractivity contribution in [3.8, 4) is 0 Å². The summed E-state index contributed by atoms with van der Waals surface area (Å²) in [6, 6.07) is 18.0. The molecule has 0 atom stereocenters. The van der Waals surface area contributed by atoms with E-state index in [1.54, 1.807) is 11.9 Å². The van der Waals surface area contributed by atoms with Gasteiger partial charge in [-0.15, -0.1) is 0 Å². The minimum Gasteiger partial charge on any atom is -0.469 e. The molecule has 4 heteroatoms. The van der Waals surface area contributed by atoms with Crippen molar-refractivity contribution in [3.63, 3.8) is 0 Å². The van der Waals surface area contributed by atoms with Gasteiger partial charge in [-0.2, -0.15) is 0 Å². The van der Waals surface area contributed by atoms with Gasteiger partial charge in [-0.05, 0) is 36.5 Å². The highest BCUT2D eigenvalue weighted by atomic mass is 16.5. The van der Waals surface area contributed by atoms with Crippen LogP contribution in [0.5, 0.6) is 0 Å². The molecule has 0 saturated carbocycles. The lowest BCUT2D eigenvalue weighted by Gasteiger charge is -2.19. The van der Waals surface area contributed by atoms with Gasteiger partial charge in [0, 0.05) is 25.6 Å². The molecule has 25 heavy (non-hydrogen) atoms. The summed E-state index contributed by atoms with van der Waals surface area (Å²) in [5.41, 5.74) is 3.05. The van der Waals surface area contributed by atoms with E-state index in [9.17, 15) is 9.59 Å². The van der Waals surface area contributed by atoms with Crippen LogP contribution in [-0.2, 0) is 22.4 Å². The molecule has 0 aliphatic rings. The number of methoxy groups -OCH3 is 1. The van der Waals surface area contributed by atoms with E-state index in [0.29, 0.717) is 19.4 Å². The van der Waals surface area contributed by atoms with Crippen molar-refractivity contribution in [2.75, 3.05) is 20.7 Å². The fourth-order valence-corrected chi connectivity index (χ4v) is 2.74. The predicted molar refractivity (Wildman–Crippen MR) is 98.5 cm³/mol. The normalized spacial score (nSPS) is 10.3. The Labute approximate surface area is 149 Å². The number of ether oxygens (including phenoxy) is 1. The Morgan fingerprint density at radius 2 is 1.64 bits per heavy atom. The summed E-state index contributed by atoms with van der Waals surface area (Å²) in [6.45, 7) is 0.529. The van der Waals surface area contributed by atoms with Gasteiger partial charge in [0.15, 0.2) is 0 Å². The van der Waals surface area contributed by atoms with Crippen LogP contribution in [0.2, 0.25) is 0 Å². The summed E-state index contributed by atoms with van der Waals surface area (Å²) in [6.07, 6.45) is 2.64. The van der Waals surface area contributed by atoms with Crippen LogP contribution >= 0.6 is 0 Å². The van der Waals surface area contributed by atoms with Gasteiger partial charge < -0.3 is 9.64 Å². The van der Waals surface area contributed by atoms with Gasteiger partial charge in [-0.3, -0.25) is 9.59 Å². The summed E-state index contributed by atoms with van der Waals surface area (Å²) in [7, 11) is 3.15. The van der Waals surface area contributed by atoms with Crippen molar-refractivity contribution < 1.29 is 14.3 Å². The summed E-state index contributed by atoms with van der Waals surface area (Å²) < 4.78 is 4.63. The van der Waals surface area contributed by atoms with Crippen molar-refractivity contribution in [3.05, 3.63) is 71.3 Å². The number of carbonyl (C=O) groups excluding carboxylic acids is 2. The van der Waals surface area contributed by atoms with E-state index >= 15 is 0 Å². The lowest BCUT2D eigenvalue weighted by Crippen LogP contribution is -2.29. The zero-order valence-corrected chi connectivity index (χ0v) is 14.9. The molecular weight excluding hydrogens is 314 g/mol. The topological polar surface area (TPSA) is 46.6 Å². The minimum absolute atomic E-state index is 0.00599. The van der Waals surface area contributed by atoms with Gasteiger partial charge in [0.2, 0.25) is 0 Å². The molecule has 0 unspecified atom stereocenters. The number of esters is 1. The maximum atomic E-state index is 12.7. The van der Waals surface area contributed by atoms with Crippen molar-refractivity contribution in [1.82, 2.24) is 4.90 Å². The lowest BCUT2D eigenvalue weighted by molar-refractivity contribution is -0.140. The first-order valence-corrected chi connectivity index (χ1v) is 8.56. The number of aryl methyl sites for hydroxylation is 2. The first-order valence-electron chi connectivity index (χ1n) is 8.56. The van der Waals surface area contributed by atoms with Crippen LogP contribution in [-0.4, -0.2) is 37.5 Å². The molecular formula is C21H25NO3. The highest BCUT2D eigenvalue weighted by molar-refractivity contribution is 5.95. The quantitative estimate of drug-likeness (QED) is 0.692. The third kappa shape index (κ3) is 5.75. The van der Waals surface area contributed by atoms with Crippen molar-refractivity contribution in [2.24, 2.45) is 0 Å². The molecule has 0 aliphatic heterocycles. The monoisotopic (exact) mass is 339 g/mol. The third-order valence-corrected chi connectivity index (χ3v) is 4.22. The Morgan fingerprint density at radius 1 is 0.960 bits per heavy atom. The second kappa shape index (κ2) is 9.62. The average molecular weight is 339 g/mol. The van der Waals surface area contributed by atoms with E-state index in [1.165, 1.54) is 12.7 Å². The molecule has 2 aromatic carbocycles. The second-order valence-electron chi connectivity index (χ2n) is 6.05. The first-order chi connectivity index (χ1) is 12.1. The van der Waals surface area contributed by atoms with Crippen LogP contribution in [0, 0.1) is 0 Å². The molecule has 0 radical (unpaired) electrons. The number of nitrogens with zero attached hydrogens (tertiary/aromatic N) is 1. The largest absolute Gasteiger partial charge is 0.469 e. The van der Waals surface area contributed by atoms with E-state index in [1.807, 2.05) is 42.5 Å². The van der Waals surface area contributed by atoms with Gasteiger partial charge in [0.05, 0.1) is 7.11 Å². The molecule has 0 spiro atoms. The van der Waals surface area contributed by atoms with Crippen molar-refractivity contribution >= 4 is 11.9 Å². The molecule has 0 saturated heterocycles. The van der Waals surface area contributed by atoms with Gasteiger partial charge >= 0.3 is 5.97 Å². The number of rotatable bonds is 8. The molecule has 1 amide bonds. The predicted octanol–water partition coefficient (Wildman–Crippen LogP) is 3.50. The number of hydrogen-bond acceptors (Lipinski definition) is 3. The van der Waals surface area contributed by atoms with E-state index in [4.69, 9.17) is 0 Å². The number of hydrogen-bond donors (Lipinski definition) is 0. The van der Waals surface area contributed by atoms with Gasteiger partial charge in [0.25, 0.3) is 5.91 Å². The zero-order chi connectivity index (χ0) is 18.1. The first kappa shape index (κ1) is 18.7. The summed E-state index contributed by atoms with van der Waals surface area (Å²) in [5.74, 6) is -0.252. The Balaban J connectivity index is 1.98. The molecule has 132 valence electrons. The Hall–Kier alpha value is -2.62. The Morgan fingerprint density at radius 3 is 2.36 bits per heavy atom. The van der Waals surface area contributed by atoms with Crippen LogP contribution in [0.25, 0.3) is 0 Å². The fraction of sp³-hybridized carbons (Fsp3) is 0.333. The SMILES string of the molecule is COC(=O)CCCN(C)C(=O)c1ccccc1CCc1ccccc1. The molecule has 0 fully saturated rings. The molecule has 0 aliphatic carbocycles. The number of amides is 1. The van der Waals surface area contributed by atoms with Crippen LogP contribution in [0.15, 0.2) is 54.6 Å². The fourth-order valence-electron chi connectivity index (χ4n) is 2.74. The highest BCUT2D eigenvalue weighted by Gasteiger charge is 2.15. The van der Waals surface area contributed by atoms with Crippen LogP contribution in [0.4, 0.5) is 0 Å². The maximum Gasteiger partial charge on any atom is 0.305 e. The van der Waals surface area contributed by atoms with Gasteiger partial charge in [-0.1, -0.05) is 48.5 Å². The summed E-state index contributed by atoms with van der Waals surface area (Å²) in [5, 5.41) is 0. The Kier molecular flexibility index (Phi) is 7.20. The molecule has 4 nitrogen and oxygen atoms in total. The molecule has 2 rings (SSSR count). The van der Waals surface area contributed by atoms with E-state index in [-0.39, 0.29) is 11.9 Å². The highest BCUT2D eigenvalue weighted by Crippen LogP contribution is 2.15. The minimum atomic E-state index is -0.246. The summed E-state index contributed by atoms with van der Waals surface area (Å²) in [4.78, 5) is 25.6. The van der Waals surface area contributed by atoms with Gasteiger partial charge in [0.1, 0.15) is 0 Å². The third-order valence-electron chi connectivity index (χ3n) is 4.22. The van der Waals surface area contributed by atoms with Gasteiger partial charge in [-0.25, -0.2) is 0 Å². The number of benzene rings is 2. The second-order valence-corrected chi connectivity index (χ2v) is 6.05. The van der Waals surface area contributed by atoms with Crippen LogP contribution in [0.1, 0.15) is 34.3 Å². The zero-order valence-electron chi connectivity index (χ0n) is 14.9. The molecule has 0 N–H and O–H groups in total. The van der Waals surface area contributed by atoms with Crippen molar-refractivity contribution in [1.29, 1.82) is 0 Å². The van der Waals surface area contributed by atoms with E-state index in [0.717, 1.165) is 24.0 Å². The maximum absolute atomic E-state index is 12.7. The standard InChI is InChI=1S/C21H25NO3/c1-22(16-8-13-20(23)25-2)21(24)19-12-7-6-11-18(19)15-14-17-9-4-3-5-10-17/h3-7,9-12H,8,13-16H2,1-2H3. The number of carbonyl (C=O) groups is 2. The molecule has 0 heterocycles. The average Bonchev–Trinajstić information content (AvgIpc) is 2.66. The summed E-state index contributed by atoms with van der Waals surface area (Å²) >= 11 is 0. The molecule has 0 aromatic heterocycles. The van der Waals surface area contributed by atoms with E-state index in [2.05, 4.69) is 16.9 Å². The van der Waals surface area contributed by atoms with Crippen LogP contribution in [0.3, 0.4) is 0 Å². The van der Waals surface area contributed by atoms with Crippen LogP contribution < -0.4 is 0 Å². The smallest absolute Gasteiger partial charge is 0.305 e.